The summed E-state index contributed by atoms with van der Waals surface area (Å²) in [6.07, 6.45) is 3.90. The van der Waals surface area contributed by atoms with Gasteiger partial charge in [0.15, 0.2) is 10.6 Å². The lowest BCUT2D eigenvalue weighted by Crippen LogP contribution is -2.14. The highest BCUT2D eigenvalue weighted by atomic mass is 32.1. The van der Waals surface area contributed by atoms with Crippen molar-refractivity contribution in [3.05, 3.63) is 16.0 Å². The van der Waals surface area contributed by atoms with Crippen LogP contribution < -0.4 is 0 Å². The van der Waals surface area contributed by atoms with Crippen LogP contribution in [0.1, 0.15) is 18.4 Å². The van der Waals surface area contributed by atoms with Crippen LogP contribution in [0, 0.1) is 4.77 Å². The van der Waals surface area contributed by atoms with Crippen LogP contribution in [0.3, 0.4) is 0 Å². The average molecular weight is 297 g/mol. The van der Waals surface area contributed by atoms with Crippen molar-refractivity contribution in [2.45, 2.75) is 26.3 Å². The quantitative estimate of drug-likeness (QED) is 0.833. The topological polar surface area (TPSA) is 49.7 Å². The molecule has 0 spiro atoms. The highest BCUT2D eigenvalue weighted by molar-refractivity contribution is 7.71. The molecule has 0 radical (unpaired) electrons. The Balaban J connectivity index is 2.20. The van der Waals surface area contributed by atoms with Gasteiger partial charge in [0.1, 0.15) is 0 Å². The molecule has 2 rings (SSSR count). The second-order valence-corrected chi connectivity index (χ2v) is 6.18. The summed E-state index contributed by atoms with van der Waals surface area (Å²) in [5, 5.41) is 8.32. The number of H-pyrrole nitrogens is 1. The Kier molecular flexibility index (Phi) is 4.84. The van der Waals surface area contributed by atoms with Crippen molar-refractivity contribution < 1.29 is 0 Å². The minimum absolute atomic E-state index is 0.681. The highest BCUT2D eigenvalue weighted by Gasteiger charge is 2.12. The summed E-state index contributed by atoms with van der Waals surface area (Å²) >= 11 is 6.95. The van der Waals surface area contributed by atoms with Crippen LogP contribution >= 0.6 is 23.6 Å². The van der Waals surface area contributed by atoms with Gasteiger partial charge in [-0.15, -0.1) is 11.3 Å². The third-order valence-corrected chi connectivity index (χ3v) is 4.12. The lowest BCUT2D eigenvalue weighted by molar-refractivity contribution is 0.413. The number of nitrogens with zero attached hydrogens (tertiary/aromatic N) is 4. The van der Waals surface area contributed by atoms with E-state index in [0.29, 0.717) is 4.77 Å². The van der Waals surface area contributed by atoms with Crippen LogP contribution in [0.5, 0.6) is 0 Å². The molecule has 104 valence electrons. The molecule has 1 N–H and O–H groups in total. The van der Waals surface area contributed by atoms with Gasteiger partial charge in [0.05, 0.1) is 9.88 Å². The normalized spacial score (nSPS) is 11.4. The molecule has 19 heavy (non-hydrogen) atoms. The van der Waals surface area contributed by atoms with Crippen molar-refractivity contribution in [2.24, 2.45) is 0 Å². The summed E-state index contributed by atoms with van der Waals surface area (Å²) in [6.45, 7) is 4.03. The third-order valence-electron chi connectivity index (χ3n) is 2.75. The first-order chi connectivity index (χ1) is 9.11. The molecule has 7 heteroatoms. The van der Waals surface area contributed by atoms with Crippen molar-refractivity contribution in [1.82, 2.24) is 24.6 Å². The molecule has 0 aliphatic heterocycles. The van der Waals surface area contributed by atoms with Crippen LogP contribution in [0.2, 0.25) is 0 Å². The van der Waals surface area contributed by atoms with Crippen molar-refractivity contribution in [3.8, 4) is 10.7 Å². The second-order valence-electron chi connectivity index (χ2n) is 4.68. The molecule has 0 bridgehead atoms. The monoisotopic (exact) mass is 297 g/mol. The molecule has 0 aliphatic carbocycles. The lowest BCUT2D eigenvalue weighted by Gasteiger charge is -2.06. The zero-order valence-electron chi connectivity index (χ0n) is 11.5. The van der Waals surface area contributed by atoms with E-state index >= 15 is 0 Å². The number of thiazole rings is 1. The second kappa shape index (κ2) is 6.40. The number of rotatable bonds is 6. The minimum atomic E-state index is 0.681. The number of likely N-dealkylation sites (N-methyl/N-ethyl adjacent to an activating group) is 1. The molecule has 0 fully saturated rings. The third kappa shape index (κ3) is 3.49. The fourth-order valence-electron chi connectivity index (χ4n) is 1.79. The van der Waals surface area contributed by atoms with Gasteiger partial charge >= 0.3 is 0 Å². The molecule has 0 aliphatic rings. The van der Waals surface area contributed by atoms with Crippen molar-refractivity contribution >= 4 is 23.6 Å². The van der Waals surface area contributed by atoms with E-state index in [1.165, 1.54) is 0 Å². The van der Waals surface area contributed by atoms with E-state index in [4.69, 9.17) is 12.2 Å². The van der Waals surface area contributed by atoms with E-state index in [1.54, 1.807) is 11.3 Å². The van der Waals surface area contributed by atoms with Gasteiger partial charge in [-0.2, -0.15) is 5.10 Å². The number of nitrogens with one attached hydrogen (secondary N) is 1. The van der Waals surface area contributed by atoms with Gasteiger partial charge in [-0.05, 0) is 32.7 Å². The fourth-order valence-corrected chi connectivity index (χ4v) is 2.91. The van der Waals surface area contributed by atoms with Crippen LogP contribution in [0.25, 0.3) is 10.7 Å². The Morgan fingerprint density at radius 3 is 2.95 bits per heavy atom. The number of aromatic nitrogens is 4. The van der Waals surface area contributed by atoms with Crippen molar-refractivity contribution in [1.29, 1.82) is 0 Å². The van der Waals surface area contributed by atoms with E-state index in [0.717, 1.165) is 41.6 Å². The molecular formula is C12H19N5S2. The number of aromatic amines is 1. The number of hydrogen-bond donors (Lipinski definition) is 1. The molecule has 0 unspecified atom stereocenters. The van der Waals surface area contributed by atoms with Gasteiger partial charge in [-0.3, -0.25) is 9.67 Å². The van der Waals surface area contributed by atoms with E-state index in [1.807, 2.05) is 10.8 Å². The molecule has 2 heterocycles. The van der Waals surface area contributed by atoms with Gasteiger partial charge in [0, 0.05) is 25.7 Å². The standard InChI is InChI=1S/C12H19N5S2/c1-4-6-17-11(14-15-12(17)18)9-8-13-10(19-9)5-7-16(2)3/h8H,4-7H2,1-3H3,(H,15,18). The first-order valence-electron chi connectivity index (χ1n) is 6.36. The molecule has 0 saturated carbocycles. The zero-order valence-corrected chi connectivity index (χ0v) is 13.1. The van der Waals surface area contributed by atoms with Crippen LogP contribution in [-0.2, 0) is 13.0 Å². The summed E-state index contributed by atoms with van der Waals surface area (Å²) in [6, 6.07) is 0. The van der Waals surface area contributed by atoms with E-state index in [2.05, 4.69) is 41.1 Å². The first kappa shape index (κ1) is 14.4. The van der Waals surface area contributed by atoms with Crippen molar-refractivity contribution in [3.63, 3.8) is 0 Å². The zero-order chi connectivity index (χ0) is 13.8. The maximum absolute atomic E-state index is 5.25. The average Bonchev–Trinajstić information content (AvgIpc) is 2.95. The Morgan fingerprint density at radius 1 is 1.47 bits per heavy atom. The molecular weight excluding hydrogens is 278 g/mol. The summed E-state index contributed by atoms with van der Waals surface area (Å²) in [7, 11) is 4.14. The maximum atomic E-state index is 5.25. The van der Waals surface area contributed by atoms with E-state index in [9.17, 15) is 0 Å². The molecule has 0 atom stereocenters. The van der Waals surface area contributed by atoms with Gasteiger partial charge in [0.2, 0.25) is 0 Å². The molecule has 0 saturated heterocycles. The molecule has 0 amide bonds. The Hall–Kier alpha value is -1.05. The predicted molar refractivity (Wildman–Crippen MR) is 81.1 cm³/mol. The summed E-state index contributed by atoms with van der Waals surface area (Å²) in [4.78, 5) is 7.70. The SMILES string of the molecule is CCCn1c(-c2cnc(CCN(C)C)s2)n[nH]c1=S. The largest absolute Gasteiger partial charge is 0.309 e. The Bertz CT molecular complexity index is 581. The van der Waals surface area contributed by atoms with Crippen LogP contribution in [-0.4, -0.2) is 45.3 Å². The minimum Gasteiger partial charge on any atom is -0.309 e. The molecule has 2 aromatic rings. The van der Waals surface area contributed by atoms with Gasteiger partial charge in [-0.1, -0.05) is 6.92 Å². The van der Waals surface area contributed by atoms with Gasteiger partial charge < -0.3 is 4.90 Å². The fraction of sp³-hybridized carbons (Fsp3) is 0.583. The molecule has 2 aromatic heterocycles. The Morgan fingerprint density at radius 2 is 2.26 bits per heavy atom. The van der Waals surface area contributed by atoms with Gasteiger partial charge in [0.25, 0.3) is 0 Å². The lowest BCUT2D eigenvalue weighted by atomic mass is 10.4. The summed E-state index contributed by atoms with van der Waals surface area (Å²) in [5.74, 6) is 0.903. The summed E-state index contributed by atoms with van der Waals surface area (Å²) < 4.78 is 2.72. The van der Waals surface area contributed by atoms with Gasteiger partial charge in [-0.25, -0.2) is 4.98 Å². The van der Waals surface area contributed by atoms with Crippen LogP contribution in [0.4, 0.5) is 0 Å². The predicted octanol–water partition coefficient (Wildman–Crippen LogP) is 2.58. The smallest absolute Gasteiger partial charge is 0.195 e. The molecule has 0 aromatic carbocycles. The Labute approximate surface area is 122 Å². The summed E-state index contributed by atoms with van der Waals surface area (Å²) in [5.41, 5.74) is 0. The van der Waals surface area contributed by atoms with Crippen molar-refractivity contribution in [2.75, 3.05) is 20.6 Å². The van der Waals surface area contributed by atoms with Crippen LogP contribution in [0.15, 0.2) is 6.20 Å². The van der Waals surface area contributed by atoms with E-state index in [-0.39, 0.29) is 0 Å². The number of hydrogen-bond acceptors (Lipinski definition) is 5. The van der Waals surface area contributed by atoms with E-state index < -0.39 is 0 Å². The molecule has 5 nitrogen and oxygen atoms in total. The first-order valence-corrected chi connectivity index (χ1v) is 7.59. The maximum Gasteiger partial charge on any atom is 0.195 e. The highest BCUT2D eigenvalue weighted by Crippen LogP contribution is 2.25.